The molecule has 7 heteroatoms. The molecule has 0 radical (unpaired) electrons. The van der Waals surface area contributed by atoms with E-state index in [1.807, 2.05) is 0 Å². The molecular weight excluding hydrogens is 240 g/mol. The molecule has 5 atom stereocenters. The van der Waals surface area contributed by atoms with Crippen LogP contribution in [0.4, 0.5) is 0 Å². The third-order valence-electron chi connectivity index (χ3n) is 3.15. The van der Waals surface area contributed by atoms with Gasteiger partial charge in [-0.25, -0.2) is 4.68 Å². The van der Waals surface area contributed by atoms with Gasteiger partial charge in [-0.05, 0) is 19.9 Å². The van der Waals surface area contributed by atoms with E-state index < -0.39 is 37.3 Å². The van der Waals surface area contributed by atoms with Crippen molar-refractivity contribution in [2.45, 2.75) is 44.5 Å². The minimum Gasteiger partial charge on any atom is -0.394 e. The van der Waals surface area contributed by atoms with E-state index in [2.05, 4.69) is 5.10 Å². The number of aromatic nitrogens is 2. The molecular formula is C11H18N2O5. The minimum atomic E-state index is -1.38. The van der Waals surface area contributed by atoms with E-state index in [0.29, 0.717) is 0 Å². The summed E-state index contributed by atoms with van der Waals surface area (Å²) in [6, 6.07) is 1.81. The first-order chi connectivity index (χ1) is 8.45. The first kappa shape index (κ1) is 13.4. The lowest BCUT2D eigenvalue weighted by Crippen LogP contribution is -2.56. The topological polar surface area (TPSA) is 108 Å². The number of rotatable bonds is 2. The smallest absolute Gasteiger partial charge is 0.179 e. The molecule has 0 bridgehead atoms. The maximum Gasteiger partial charge on any atom is 0.179 e. The van der Waals surface area contributed by atoms with Gasteiger partial charge in [0.05, 0.1) is 12.3 Å². The molecule has 0 amide bonds. The second-order valence-corrected chi connectivity index (χ2v) is 4.59. The highest BCUT2D eigenvalue weighted by Crippen LogP contribution is 2.28. The summed E-state index contributed by atoms with van der Waals surface area (Å²) < 4.78 is 6.84. The summed E-state index contributed by atoms with van der Waals surface area (Å²) in [5.41, 5.74) is 1.52. The van der Waals surface area contributed by atoms with Crippen LogP contribution in [-0.4, -0.2) is 61.2 Å². The second kappa shape index (κ2) is 4.94. The Morgan fingerprint density at radius 2 is 1.89 bits per heavy atom. The molecule has 7 nitrogen and oxygen atoms in total. The molecule has 0 aliphatic carbocycles. The Bertz CT molecular complexity index is 420. The molecule has 18 heavy (non-hydrogen) atoms. The number of nitrogens with zero attached hydrogens (tertiary/aromatic N) is 2. The first-order valence-electron chi connectivity index (χ1n) is 5.79. The summed E-state index contributed by atoms with van der Waals surface area (Å²) in [5, 5.41) is 42.6. The SMILES string of the molecule is Cc1cc(C)n(C2OC(CO)C(O)C(O)C2O)n1. The normalized spacial score (nSPS) is 36.9. The van der Waals surface area contributed by atoms with E-state index >= 15 is 0 Å². The highest BCUT2D eigenvalue weighted by molar-refractivity contribution is 5.08. The van der Waals surface area contributed by atoms with Crippen LogP contribution < -0.4 is 0 Å². The number of ether oxygens (including phenoxy) is 1. The molecule has 102 valence electrons. The molecule has 1 fully saturated rings. The van der Waals surface area contributed by atoms with E-state index in [9.17, 15) is 15.3 Å². The van der Waals surface area contributed by atoms with Crippen LogP contribution in [0.3, 0.4) is 0 Å². The van der Waals surface area contributed by atoms with E-state index in [4.69, 9.17) is 9.84 Å². The van der Waals surface area contributed by atoms with Crippen molar-refractivity contribution in [1.29, 1.82) is 0 Å². The first-order valence-corrected chi connectivity index (χ1v) is 5.79. The summed E-state index contributed by atoms with van der Waals surface area (Å²) >= 11 is 0. The monoisotopic (exact) mass is 258 g/mol. The largest absolute Gasteiger partial charge is 0.394 e. The number of hydrogen-bond donors (Lipinski definition) is 4. The van der Waals surface area contributed by atoms with Crippen LogP contribution in [0.25, 0.3) is 0 Å². The quantitative estimate of drug-likeness (QED) is 0.513. The van der Waals surface area contributed by atoms with Crippen LogP contribution in [0.1, 0.15) is 17.6 Å². The van der Waals surface area contributed by atoms with Crippen LogP contribution in [0.15, 0.2) is 6.07 Å². The Balaban J connectivity index is 2.29. The van der Waals surface area contributed by atoms with E-state index in [1.165, 1.54) is 4.68 Å². The third kappa shape index (κ3) is 2.15. The highest BCUT2D eigenvalue weighted by atomic mass is 16.6. The molecule has 1 aromatic heterocycles. The van der Waals surface area contributed by atoms with Crippen molar-refractivity contribution in [2.24, 2.45) is 0 Å². The zero-order chi connectivity index (χ0) is 13.4. The predicted molar refractivity (Wildman–Crippen MR) is 60.7 cm³/mol. The van der Waals surface area contributed by atoms with Gasteiger partial charge in [-0.1, -0.05) is 0 Å². The van der Waals surface area contributed by atoms with Gasteiger partial charge in [0, 0.05) is 5.69 Å². The molecule has 1 aliphatic heterocycles. The van der Waals surface area contributed by atoms with Gasteiger partial charge >= 0.3 is 0 Å². The van der Waals surface area contributed by atoms with Crippen molar-refractivity contribution in [3.63, 3.8) is 0 Å². The van der Waals surface area contributed by atoms with Gasteiger partial charge in [-0.3, -0.25) is 0 Å². The van der Waals surface area contributed by atoms with Gasteiger partial charge in [0.25, 0.3) is 0 Å². The average Bonchev–Trinajstić information content (AvgIpc) is 2.66. The Hall–Kier alpha value is -0.990. The Morgan fingerprint density at radius 3 is 2.39 bits per heavy atom. The van der Waals surface area contributed by atoms with Crippen molar-refractivity contribution < 1.29 is 25.2 Å². The van der Waals surface area contributed by atoms with Crippen molar-refractivity contribution in [3.8, 4) is 0 Å². The van der Waals surface area contributed by atoms with Crippen molar-refractivity contribution in [3.05, 3.63) is 17.5 Å². The second-order valence-electron chi connectivity index (χ2n) is 4.59. The zero-order valence-corrected chi connectivity index (χ0v) is 10.3. The van der Waals surface area contributed by atoms with E-state index in [0.717, 1.165) is 11.4 Å². The van der Waals surface area contributed by atoms with Gasteiger partial charge in [0.1, 0.15) is 24.4 Å². The van der Waals surface area contributed by atoms with Gasteiger partial charge in [0.15, 0.2) is 6.23 Å². The summed E-state index contributed by atoms with van der Waals surface area (Å²) in [7, 11) is 0. The van der Waals surface area contributed by atoms with Crippen LogP contribution >= 0.6 is 0 Å². The molecule has 1 aromatic rings. The van der Waals surface area contributed by atoms with E-state index in [-0.39, 0.29) is 0 Å². The molecule has 1 aliphatic rings. The summed E-state index contributed by atoms with van der Waals surface area (Å²) in [4.78, 5) is 0. The van der Waals surface area contributed by atoms with Gasteiger partial charge in [-0.2, -0.15) is 5.10 Å². The Labute approximate surface area is 104 Å². The maximum absolute atomic E-state index is 9.93. The molecule has 0 aromatic carbocycles. The fourth-order valence-electron chi connectivity index (χ4n) is 2.19. The Kier molecular flexibility index (Phi) is 3.69. The lowest BCUT2D eigenvalue weighted by molar-refractivity contribution is -0.254. The highest BCUT2D eigenvalue weighted by Gasteiger charge is 2.44. The number of aliphatic hydroxyl groups is 4. The van der Waals surface area contributed by atoms with E-state index in [1.54, 1.807) is 19.9 Å². The van der Waals surface area contributed by atoms with Crippen LogP contribution in [-0.2, 0) is 4.74 Å². The fraction of sp³-hybridized carbons (Fsp3) is 0.727. The standard InChI is InChI=1S/C11H18N2O5/c1-5-3-6(2)13(12-5)11-10(17)9(16)8(15)7(4-14)18-11/h3,7-11,14-17H,4H2,1-2H3. The zero-order valence-electron chi connectivity index (χ0n) is 10.3. The molecule has 1 saturated heterocycles. The number of aliphatic hydroxyl groups excluding tert-OH is 4. The maximum atomic E-state index is 9.93. The summed E-state index contributed by atoms with van der Waals surface area (Å²) in [6.45, 7) is 3.15. The Morgan fingerprint density at radius 1 is 1.22 bits per heavy atom. The molecule has 2 rings (SSSR count). The van der Waals surface area contributed by atoms with Crippen molar-refractivity contribution in [1.82, 2.24) is 9.78 Å². The predicted octanol–water partition coefficient (Wildman–Crippen LogP) is -1.53. The lowest BCUT2D eigenvalue weighted by atomic mass is 9.98. The van der Waals surface area contributed by atoms with Gasteiger partial charge < -0.3 is 25.2 Å². The van der Waals surface area contributed by atoms with Gasteiger partial charge in [0.2, 0.25) is 0 Å². The fourth-order valence-corrected chi connectivity index (χ4v) is 2.19. The molecule has 2 heterocycles. The van der Waals surface area contributed by atoms with Crippen molar-refractivity contribution in [2.75, 3.05) is 6.61 Å². The summed E-state index contributed by atoms with van der Waals surface area (Å²) in [6.07, 6.45) is -5.88. The lowest BCUT2D eigenvalue weighted by Gasteiger charge is -2.40. The molecule has 5 unspecified atom stereocenters. The molecule has 0 saturated carbocycles. The average molecular weight is 258 g/mol. The summed E-state index contributed by atoms with van der Waals surface area (Å²) in [5.74, 6) is 0. The molecule has 0 spiro atoms. The van der Waals surface area contributed by atoms with Crippen molar-refractivity contribution >= 4 is 0 Å². The van der Waals surface area contributed by atoms with Crippen LogP contribution in [0.5, 0.6) is 0 Å². The van der Waals surface area contributed by atoms with Crippen LogP contribution in [0.2, 0.25) is 0 Å². The van der Waals surface area contributed by atoms with Gasteiger partial charge in [-0.15, -0.1) is 0 Å². The molecule has 4 N–H and O–H groups in total. The third-order valence-corrected chi connectivity index (χ3v) is 3.15. The number of hydrogen-bond acceptors (Lipinski definition) is 6. The van der Waals surface area contributed by atoms with Crippen LogP contribution in [0, 0.1) is 13.8 Å². The number of aryl methyl sites for hydroxylation is 2. The minimum absolute atomic E-state index is 0.444.